The van der Waals surface area contributed by atoms with Gasteiger partial charge >= 0.3 is 0 Å². The first-order valence-electron chi connectivity index (χ1n) is 5.18. The number of hydrazine groups is 1. The Morgan fingerprint density at radius 1 is 1.53 bits per heavy atom. The van der Waals surface area contributed by atoms with Gasteiger partial charge in [-0.25, -0.2) is 0 Å². The summed E-state index contributed by atoms with van der Waals surface area (Å²) in [5.74, 6) is 6.29. The quantitative estimate of drug-likeness (QED) is 0.614. The fourth-order valence-corrected chi connectivity index (χ4v) is 2.75. The van der Waals surface area contributed by atoms with Crippen molar-refractivity contribution < 1.29 is 0 Å². The Morgan fingerprint density at radius 3 is 3.13 bits per heavy atom. The molecule has 3 rings (SSSR count). The third-order valence-corrected chi connectivity index (χ3v) is 3.81. The van der Waals surface area contributed by atoms with Crippen molar-refractivity contribution in [2.45, 2.75) is 18.9 Å². The first kappa shape index (κ1) is 9.27. The van der Waals surface area contributed by atoms with E-state index in [1.807, 2.05) is 12.3 Å². The molecular weight excluding hydrogens is 206 g/mol. The van der Waals surface area contributed by atoms with Gasteiger partial charge in [0.15, 0.2) is 0 Å². The molecular formula is C11H13N3S. The van der Waals surface area contributed by atoms with Gasteiger partial charge < -0.3 is 0 Å². The number of rotatable bonds is 3. The van der Waals surface area contributed by atoms with E-state index in [1.54, 1.807) is 11.3 Å². The Morgan fingerprint density at radius 2 is 2.40 bits per heavy atom. The lowest BCUT2D eigenvalue weighted by Gasteiger charge is -2.14. The molecule has 78 valence electrons. The van der Waals surface area contributed by atoms with Gasteiger partial charge in [-0.2, -0.15) is 0 Å². The minimum absolute atomic E-state index is 0.281. The second-order valence-corrected chi connectivity index (χ2v) is 5.00. The minimum atomic E-state index is 0.281. The number of hydrogen-bond donors (Lipinski definition) is 2. The summed E-state index contributed by atoms with van der Waals surface area (Å²) in [6.45, 7) is 0. The summed E-state index contributed by atoms with van der Waals surface area (Å²) in [5.41, 5.74) is 5.20. The van der Waals surface area contributed by atoms with Gasteiger partial charge in [-0.05, 0) is 41.8 Å². The summed E-state index contributed by atoms with van der Waals surface area (Å²) < 4.78 is 1.24. The van der Waals surface area contributed by atoms with Gasteiger partial charge in [0.1, 0.15) is 0 Å². The van der Waals surface area contributed by atoms with Crippen LogP contribution >= 0.6 is 11.3 Å². The zero-order chi connectivity index (χ0) is 10.3. The number of aromatic nitrogens is 1. The second kappa shape index (κ2) is 3.56. The van der Waals surface area contributed by atoms with Crippen molar-refractivity contribution in [1.82, 2.24) is 10.4 Å². The van der Waals surface area contributed by atoms with Gasteiger partial charge in [0.05, 0.1) is 16.3 Å². The number of nitrogens with two attached hydrogens (primary N) is 1. The normalized spacial score (nSPS) is 18.2. The molecule has 2 heterocycles. The summed E-state index contributed by atoms with van der Waals surface area (Å²) in [4.78, 5) is 4.44. The van der Waals surface area contributed by atoms with E-state index in [0.29, 0.717) is 5.92 Å². The maximum atomic E-state index is 5.59. The van der Waals surface area contributed by atoms with Crippen molar-refractivity contribution in [2.75, 3.05) is 0 Å². The molecule has 15 heavy (non-hydrogen) atoms. The minimum Gasteiger partial charge on any atom is -0.271 e. The lowest BCUT2D eigenvalue weighted by Crippen LogP contribution is -2.29. The zero-order valence-electron chi connectivity index (χ0n) is 8.31. The summed E-state index contributed by atoms with van der Waals surface area (Å²) in [5, 5.41) is 2.07. The zero-order valence-corrected chi connectivity index (χ0v) is 9.13. The summed E-state index contributed by atoms with van der Waals surface area (Å²) >= 11 is 1.73. The first-order chi connectivity index (χ1) is 7.38. The molecule has 2 aromatic heterocycles. The average molecular weight is 219 g/mol. The van der Waals surface area contributed by atoms with Crippen molar-refractivity contribution in [3.63, 3.8) is 0 Å². The molecule has 0 aliphatic heterocycles. The number of fused-ring (bicyclic) bond motifs is 1. The number of pyridine rings is 1. The number of thiophene rings is 1. The fourth-order valence-electron chi connectivity index (χ4n) is 1.97. The topological polar surface area (TPSA) is 50.9 Å². The van der Waals surface area contributed by atoms with Gasteiger partial charge in [0.25, 0.3) is 0 Å². The molecule has 1 fully saturated rings. The summed E-state index contributed by atoms with van der Waals surface area (Å²) in [7, 11) is 0. The van der Waals surface area contributed by atoms with Crippen molar-refractivity contribution >= 4 is 21.6 Å². The van der Waals surface area contributed by atoms with Crippen LogP contribution in [0.2, 0.25) is 0 Å². The second-order valence-electron chi connectivity index (χ2n) is 4.05. The van der Waals surface area contributed by atoms with E-state index in [2.05, 4.69) is 21.9 Å². The smallest absolute Gasteiger partial charge is 0.0809 e. The lowest BCUT2D eigenvalue weighted by atomic mass is 10.1. The fraction of sp³-hybridized carbons (Fsp3) is 0.364. The molecule has 1 atom stereocenters. The van der Waals surface area contributed by atoms with Crippen LogP contribution in [0.15, 0.2) is 23.7 Å². The van der Waals surface area contributed by atoms with Crippen molar-refractivity contribution in [1.29, 1.82) is 0 Å². The van der Waals surface area contributed by atoms with E-state index in [1.165, 1.54) is 23.1 Å². The highest BCUT2D eigenvalue weighted by Crippen LogP contribution is 2.40. The number of nitrogens with one attached hydrogen (secondary N) is 1. The molecule has 1 unspecified atom stereocenters. The molecule has 0 aromatic carbocycles. The molecule has 3 N–H and O–H groups in total. The number of nitrogens with zero attached hydrogens (tertiary/aromatic N) is 1. The van der Waals surface area contributed by atoms with Crippen LogP contribution in [0.3, 0.4) is 0 Å². The highest BCUT2D eigenvalue weighted by molar-refractivity contribution is 7.17. The molecule has 3 nitrogen and oxygen atoms in total. The Kier molecular flexibility index (Phi) is 2.20. The van der Waals surface area contributed by atoms with E-state index >= 15 is 0 Å². The van der Waals surface area contributed by atoms with Crippen molar-refractivity contribution in [3.8, 4) is 0 Å². The van der Waals surface area contributed by atoms with Crippen LogP contribution < -0.4 is 11.3 Å². The van der Waals surface area contributed by atoms with Crippen molar-refractivity contribution in [2.24, 2.45) is 11.8 Å². The molecule has 0 saturated heterocycles. The van der Waals surface area contributed by atoms with E-state index in [-0.39, 0.29) is 6.04 Å². The van der Waals surface area contributed by atoms with E-state index in [4.69, 9.17) is 5.84 Å². The van der Waals surface area contributed by atoms with Gasteiger partial charge in [-0.3, -0.25) is 16.3 Å². The van der Waals surface area contributed by atoms with Crippen LogP contribution in [-0.2, 0) is 0 Å². The predicted molar refractivity (Wildman–Crippen MR) is 62.4 cm³/mol. The molecule has 0 amide bonds. The highest BCUT2D eigenvalue weighted by atomic mass is 32.1. The number of hydrogen-bond acceptors (Lipinski definition) is 4. The Labute approximate surface area is 92.3 Å². The SMILES string of the molecule is NNC(c1cnc2ccsc2c1)C1CC1. The van der Waals surface area contributed by atoms with Gasteiger partial charge in [-0.1, -0.05) is 0 Å². The van der Waals surface area contributed by atoms with E-state index < -0.39 is 0 Å². The maximum absolute atomic E-state index is 5.59. The standard InChI is InChI=1S/C11H13N3S/c12-14-11(7-1-2-7)8-5-10-9(13-6-8)3-4-15-10/h3-7,11,14H,1-2,12H2. The molecule has 1 saturated carbocycles. The largest absolute Gasteiger partial charge is 0.271 e. The molecule has 4 heteroatoms. The molecule has 1 aliphatic carbocycles. The van der Waals surface area contributed by atoms with Crippen molar-refractivity contribution in [3.05, 3.63) is 29.3 Å². The highest BCUT2D eigenvalue weighted by Gasteiger charge is 2.31. The maximum Gasteiger partial charge on any atom is 0.0809 e. The van der Waals surface area contributed by atoms with Crippen LogP contribution in [0.25, 0.3) is 10.2 Å². The summed E-state index contributed by atoms with van der Waals surface area (Å²) in [6, 6.07) is 4.53. The molecule has 0 spiro atoms. The first-order valence-corrected chi connectivity index (χ1v) is 6.06. The van der Waals surface area contributed by atoms with E-state index in [0.717, 1.165) is 5.52 Å². The van der Waals surface area contributed by atoms with Crippen LogP contribution in [-0.4, -0.2) is 4.98 Å². The lowest BCUT2D eigenvalue weighted by molar-refractivity contribution is 0.496. The molecule has 1 aliphatic rings. The van der Waals surface area contributed by atoms with Crippen LogP contribution in [0.4, 0.5) is 0 Å². The third-order valence-electron chi connectivity index (χ3n) is 2.96. The Balaban J connectivity index is 2.01. The van der Waals surface area contributed by atoms with Crippen LogP contribution in [0, 0.1) is 5.92 Å². The molecule has 0 radical (unpaired) electrons. The average Bonchev–Trinajstić information content (AvgIpc) is 2.97. The Bertz CT molecular complexity index is 475. The Hall–Kier alpha value is -0.970. The molecule has 2 aromatic rings. The van der Waals surface area contributed by atoms with Crippen LogP contribution in [0.5, 0.6) is 0 Å². The molecule has 0 bridgehead atoms. The van der Waals surface area contributed by atoms with E-state index in [9.17, 15) is 0 Å². The monoisotopic (exact) mass is 219 g/mol. The van der Waals surface area contributed by atoms with Gasteiger partial charge in [0.2, 0.25) is 0 Å². The predicted octanol–water partition coefficient (Wildman–Crippen LogP) is 2.21. The summed E-state index contributed by atoms with van der Waals surface area (Å²) in [6.07, 6.45) is 4.49. The van der Waals surface area contributed by atoms with Gasteiger partial charge in [-0.15, -0.1) is 11.3 Å². The third kappa shape index (κ3) is 1.65. The van der Waals surface area contributed by atoms with Crippen LogP contribution in [0.1, 0.15) is 24.4 Å². The van der Waals surface area contributed by atoms with Gasteiger partial charge in [0, 0.05) is 6.20 Å².